The number of phenolic OH excluding ortho intramolecular Hbond substituents is 1. The van der Waals surface area contributed by atoms with Crippen molar-refractivity contribution in [2.75, 3.05) is 51.4 Å². The lowest BCUT2D eigenvalue weighted by molar-refractivity contribution is -0.132. The van der Waals surface area contributed by atoms with Crippen LogP contribution >= 0.6 is 0 Å². The van der Waals surface area contributed by atoms with E-state index >= 15 is 0 Å². The third-order valence-corrected chi connectivity index (χ3v) is 9.44. The topological polar surface area (TPSA) is 119 Å². The van der Waals surface area contributed by atoms with E-state index in [1.807, 2.05) is 95.8 Å². The zero-order valence-corrected chi connectivity index (χ0v) is 31.4. The van der Waals surface area contributed by atoms with E-state index in [0.717, 1.165) is 73.2 Å². The van der Waals surface area contributed by atoms with Crippen LogP contribution in [0.1, 0.15) is 62.7 Å². The highest BCUT2D eigenvalue weighted by Gasteiger charge is 2.28. The molecule has 0 spiro atoms. The van der Waals surface area contributed by atoms with Crippen LogP contribution in [0.4, 0.5) is 10.5 Å². The van der Waals surface area contributed by atoms with E-state index in [1.54, 1.807) is 23.4 Å². The normalized spacial score (nSPS) is 13.1. The highest BCUT2D eigenvalue weighted by atomic mass is 16.6. The molecule has 54 heavy (non-hydrogen) atoms. The molecule has 2 N–H and O–H groups in total. The number of amides is 3. The zero-order chi connectivity index (χ0) is 38.0. The van der Waals surface area contributed by atoms with Crippen LogP contribution in [0.5, 0.6) is 5.75 Å². The number of hydrazine groups is 1. The SMILES string of the molecule is CN(CCCC(=O)N(CCCCCNC(=O)CCOC(=O)N(c1ccccc1-c1ccccc1)N1CC[CH]CC1)Cc1ccc(O)cc1)Cc1ccco1. The maximum atomic E-state index is 13.6. The summed E-state index contributed by atoms with van der Waals surface area (Å²) in [6.45, 7) is 4.42. The van der Waals surface area contributed by atoms with Crippen LogP contribution in [0.25, 0.3) is 11.1 Å². The van der Waals surface area contributed by atoms with Gasteiger partial charge in [-0.1, -0.05) is 60.7 Å². The fourth-order valence-corrected chi connectivity index (χ4v) is 6.56. The number of ether oxygens (including phenoxy) is 1. The monoisotopic (exact) mass is 736 g/mol. The molecule has 1 aromatic heterocycles. The fourth-order valence-electron chi connectivity index (χ4n) is 6.56. The Kier molecular flexibility index (Phi) is 16.0. The molecule has 1 aliphatic rings. The van der Waals surface area contributed by atoms with Gasteiger partial charge < -0.3 is 24.5 Å². The van der Waals surface area contributed by atoms with Gasteiger partial charge in [0, 0.05) is 44.7 Å². The number of benzene rings is 3. The molecule has 1 fully saturated rings. The summed E-state index contributed by atoms with van der Waals surface area (Å²) in [6.07, 6.45) is 8.78. The van der Waals surface area contributed by atoms with Gasteiger partial charge in [0.25, 0.3) is 0 Å². The van der Waals surface area contributed by atoms with Crippen LogP contribution in [-0.4, -0.2) is 84.2 Å². The standard InChI is InChI=1S/C43H54N5O6/c1-45(34-38-17-14-31-53-38)27-13-20-42(51)46(33-35-21-23-37(49)24-22-35)28-10-3-9-26-44-41(50)25-32-54-43(52)48(47-29-11-4-12-30-47)40-19-8-7-18-39(40)36-15-5-2-6-16-36/h2,4-8,14-19,21-24,31,49H,3,9-13,20,25-30,32-34H2,1H3,(H,44,50). The van der Waals surface area contributed by atoms with Crippen molar-refractivity contribution in [2.45, 2.75) is 64.5 Å². The third-order valence-electron chi connectivity index (χ3n) is 9.44. The van der Waals surface area contributed by atoms with Crippen molar-refractivity contribution in [3.63, 3.8) is 0 Å². The minimum Gasteiger partial charge on any atom is -0.508 e. The molecule has 0 atom stereocenters. The second-order valence-corrected chi connectivity index (χ2v) is 13.7. The van der Waals surface area contributed by atoms with E-state index in [0.29, 0.717) is 45.7 Å². The maximum Gasteiger partial charge on any atom is 0.429 e. The first-order valence-corrected chi connectivity index (χ1v) is 19.1. The fraction of sp³-hybridized carbons (Fsp3) is 0.395. The number of carbonyl (C=O) groups is 3. The van der Waals surface area contributed by atoms with Gasteiger partial charge in [-0.15, -0.1) is 0 Å². The van der Waals surface area contributed by atoms with Crippen LogP contribution in [0, 0.1) is 6.42 Å². The number of anilines is 1. The molecule has 287 valence electrons. The summed E-state index contributed by atoms with van der Waals surface area (Å²) in [5, 5.41) is 16.3. The van der Waals surface area contributed by atoms with Crippen LogP contribution in [0.3, 0.4) is 0 Å². The molecule has 1 radical (unpaired) electrons. The van der Waals surface area contributed by atoms with Gasteiger partial charge in [0.1, 0.15) is 18.1 Å². The Morgan fingerprint density at radius 3 is 2.33 bits per heavy atom. The number of hydrogen-bond acceptors (Lipinski definition) is 8. The van der Waals surface area contributed by atoms with E-state index < -0.39 is 6.09 Å². The lowest BCUT2D eigenvalue weighted by Gasteiger charge is -2.37. The lowest BCUT2D eigenvalue weighted by atomic mass is 10.0. The van der Waals surface area contributed by atoms with E-state index in [4.69, 9.17) is 9.15 Å². The Hall–Kier alpha value is -5.13. The number of piperidine rings is 1. The molecular weight excluding hydrogens is 683 g/mol. The summed E-state index contributed by atoms with van der Waals surface area (Å²) in [6, 6.07) is 28.6. The Morgan fingerprint density at radius 1 is 0.815 bits per heavy atom. The number of hydrogen-bond donors (Lipinski definition) is 2. The van der Waals surface area contributed by atoms with Crippen LogP contribution < -0.4 is 10.3 Å². The van der Waals surface area contributed by atoms with Crippen LogP contribution in [0.2, 0.25) is 0 Å². The van der Waals surface area contributed by atoms with Gasteiger partial charge in [0.15, 0.2) is 0 Å². The quantitative estimate of drug-likeness (QED) is 0.0901. The molecule has 0 saturated carbocycles. The molecule has 0 aliphatic carbocycles. The number of nitrogens with zero attached hydrogens (tertiary/aromatic N) is 4. The number of furan rings is 1. The molecule has 1 saturated heterocycles. The first-order chi connectivity index (χ1) is 26.4. The summed E-state index contributed by atoms with van der Waals surface area (Å²) < 4.78 is 11.1. The summed E-state index contributed by atoms with van der Waals surface area (Å²) >= 11 is 0. The summed E-state index contributed by atoms with van der Waals surface area (Å²) in [4.78, 5) is 43.6. The van der Waals surface area contributed by atoms with Crippen LogP contribution in [-0.2, 0) is 27.4 Å². The minimum absolute atomic E-state index is 0.0262. The molecule has 0 bridgehead atoms. The van der Waals surface area contributed by atoms with Crippen molar-refractivity contribution < 1.29 is 28.6 Å². The highest BCUT2D eigenvalue weighted by Crippen LogP contribution is 2.33. The largest absolute Gasteiger partial charge is 0.508 e. The van der Waals surface area contributed by atoms with Crippen molar-refractivity contribution in [3.05, 3.63) is 115 Å². The van der Waals surface area contributed by atoms with Gasteiger partial charge in [0.2, 0.25) is 11.8 Å². The van der Waals surface area contributed by atoms with E-state index in [1.165, 1.54) is 0 Å². The molecule has 4 aromatic rings. The number of para-hydroxylation sites is 1. The molecule has 0 unspecified atom stereocenters. The number of carbonyl (C=O) groups excluding carboxylic acids is 3. The summed E-state index contributed by atoms with van der Waals surface area (Å²) in [5.74, 6) is 1.01. The van der Waals surface area contributed by atoms with Crippen molar-refractivity contribution in [1.82, 2.24) is 20.1 Å². The number of nitrogens with one attached hydrogen (secondary N) is 1. The molecule has 3 aromatic carbocycles. The van der Waals surface area contributed by atoms with E-state index in [9.17, 15) is 19.5 Å². The molecule has 3 amide bonds. The molecule has 5 rings (SSSR count). The third kappa shape index (κ3) is 12.8. The Bertz CT molecular complexity index is 1710. The van der Waals surface area contributed by atoms with Gasteiger partial charge in [-0.05, 0) is 100.0 Å². The predicted molar refractivity (Wildman–Crippen MR) is 210 cm³/mol. The maximum absolute atomic E-state index is 13.6. The Labute approximate surface area is 319 Å². The van der Waals surface area contributed by atoms with Crippen molar-refractivity contribution in [2.24, 2.45) is 0 Å². The second kappa shape index (κ2) is 21.5. The van der Waals surface area contributed by atoms with Gasteiger partial charge in [-0.25, -0.2) is 14.8 Å². The van der Waals surface area contributed by atoms with Crippen molar-refractivity contribution in [1.29, 1.82) is 0 Å². The second-order valence-electron chi connectivity index (χ2n) is 13.7. The van der Waals surface area contributed by atoms with Crippen molar-refractivity contribution in [3.8, 4) is 16.9 Å². The van der Waals surface area contributed by atoms with E-state index in [2.05, 4.69) is 16.6 Å². The van der Waals surface area contributed by atoms with Gasteiger partial charge in [-0.2, -0.15) is 0 Å². The van der Waals surface area contributed by atoms with Crippen molar-refractivity contribution >= 4 is 23.6 Å². The lowest BCUT2D eigenvalue weighted by Crippen LogP contribution is -2.50. The van der Waals surface area contributed by atoms with Gasteiger partial charge in [-0.3, -0.25) is 14.5 Å². The number of aromatic hydroxyl groups is 1. The molecule has 11 heteroatoms. The first-order valence-electron chi connectivity index (χ1n) is 19.1. The van der Waals surface area contributed by atoms with Gasteiger partial charge >= 0.3 is 6.09 Å². The summed E-state index contributed by atoms with van der Waals surface area (Å²) in [5.41, 5.74) is 3.64. The molecular formula is C43H54N5O6. The molecule has 2 heterocycles. The Balaban J connectivity index is 1.04. The average Bonchev–Trinajstić information content (AvgIpc) is 3.70. The minimum atomic E-state index is -0.500. The zero-order valence-electron chi connectivity index (χ0n) is 31.4. The Morgan fingerprint density at radius 2 is 1.57 bits per heavy atom. The first kappa shape index (κ1) is 40.1. The smallest absolute Gasteiger partial charge is 0.429 e. The average molecular weight is 737 g/mol. The number of rotatable bonds is 20. The summed E-state index contributed by atoms with van der Waals surface area (Å²) in [7, 11) is 2.02. The number of phenols is 1. The predicted octanol–water partition coefficient (Wildman–Crippen LogP) is 7.43. The molecule has 11 nitrogen and oxygen atoms in total. The van der Waals surface area contributed by atoms with Crippen LogP contribution in [0.15, 0.2) is 102 Å². The highest BCUT2D eigenvalue weighted by molar-refractivity contribution is 5.93. The number of unbranched alkanes of at least 4 members (excludes halogenated alkanes) is 2. The molecule has 1 aliphatic heterocycles. The van der Waals surface area contributed by atoms with Gasteiger partial charge in [0.05, 0.1) is 24.9 Å². The van der Waals surface area contributed by atoms with E-state index in [-0.39, 0.29) is 30.6 Å².